The van der Waals surface area contributed by atoms with Crippen LogP contribution in [0.15, 0.2) is 0 Å². The molecule has 66 valence electrons. The zero-order valence-electron chi connectivity index (χ0n) is 6.70. The number of nitrogens with two attached hydrogens (primary N) is 1. The number of rotatable bonds is 3. The van der Waals surface area contributed by atoms with E-state index in [4.69, 9.17) is 10.9 Å². The Morgan fingerprint density at radius 1 is 1.73 bits per heavy atom. The van der Waals surface area contributed by atoms with E-state index in [1.165, 1.54) is 0 Å². The fourth-order valence-corrected chi connectivity index (χ4v) is 0.609. The van der Waals surface area contributed by atoms with Gasteiger partial charge in [-0.25, -0.2) is 10.6 Å². The maximum atomic E-state index is 10.4. The third-order valence-electron chi connectivity index (χ3n) is 1.03. The van der Waals surface area contributed by atoms with E-state index in [0.29, 0.717) is 6.42 Å². The summed E-state index contributed by atoms with van der Waals surface area (Å²) in [7, 11) is 0. The van der Waals surface area contributed by atoms with E-state index in [1.54, 1.807) is 5.43 Å². The second kappa shape index (κ2) is 4.92. The molecule has 0 aliphatic heterocycles. The first kappa shape index (κ1) is 10.2. The van der Waals surface area contributed by atoms with Gasteiger partial charge in [-0.3, -0.25) is 5.43 Å². The number of aliphatic hydroxyl groups excluding tert-OH is 1. The highest BCUT2D eigenvalue weighted by molar-refractivity contribution is 5.66. The quantitative estimate of drug-likeness (QED) is 0.235. The van der Waals surface area contributed by atoms with Crippen molar-refractivity contribution in [2.24, 2.45) is 11.8 Å². The minimum absolute atomic E-state index is 0.274. The number of amides is 1. The van der Waals surface area contributed by atoms with Crippen molar-refractivity contribution in [1.82, 2.24) is 5.43 Å². The summed E-state index contributed by atoms with van der Waals surface area (Å²) in [5.74, 6) is 4.99. The summed E-state index contributed by atoms with van der Waals surface area (Å²) in [5.41, 5.74) is 1.75. The van der Waals surface area contributed by atoms with Crippen LogP contribution in [0.3, 0.4) is 0 Å². The number of hydrogen-bond acceptors (Lipinski definition) is 4. The summed E-state index contributed by atoms with van der Waals surface area (Å²) in [6.45, 7) is 3.82. The van der Waals surface area contributed by atoms with Crippen LogP contribution in [0.5, 0.6) is 0 Å². The third-order valence-corrected chi connectivity index (χ3v) is 1.03. The number of aliphatic hydroxyl groups is 1. The molecule has 0 aromatic rings. The fraction of sp³-hybridized carbons (Fsp3) is 0.833. The van der Waals surface area contributed by atoms with Gasteiger partial charge in [0, 0.05) is 6.42 Å². The van der Waals surface area contributed by atoms with Crippen LogP contribution in [0.4, 0.5) is 4.79 Å². The van der Waals surface area contributed by atoms with E-state index in [0.717, 1.165) is 0 Å². The standard InChI is InChI=1S/C6H14N2O3/c1-4(2)3-5(9)11-6(10)8-7/h4-5,9H,3,7H2,1-2H3,(H,8,10). The Kier molecular flexibility index (Phi) is 4.56. The Morgan fingerprint density at radius 2 is 2.27 bits per heavy atom. The lowest BCUT2D eigenvalue weighted by Gasteiger charge is -2.12. The van der Waals surface area contributed by atoms with Gasteiger partial charge in [0.05, 0.1) is 0 Å². The van der Waals surface area contributed by atoms with Crippen molar-refractivity contribution < 1.29 is 14.6 Å². The van der Waals surface area contributed by atoms with Crippen LogP contribution < -0.4 is 11.3 Å². The molecular weight excluding hydrogens is 148 g/mol. The largest absolute Gasteiger partial charge is 0.423 e. The molecule has 0 radical (unpaired) electrons. The molecule has 0 fully saturated rings. The lowest BCUT2D eigenvalue weighted by molar-refractivity contribution is -0.0632. The van der Waals surface area contributed by atoms with E-state index in [-0.39, 0.29) is 5.92 Å². The third kappa shape index (κ3) is 5.63. The lowest BCUT2D eigenvalue weighted by atomic mass is 10.1. The van der Waals surface area contributed by atoms with Crippen molar-refractivity contribution in [1.29, 1.82) is 0 Å². The van der Waals surface area contributed by atoms with Crippen molar-refractivity contribution in [2.75, 3.05) is 0 Å². The van der Waals surface area contributed by atoms with Crippen LogP contribution in [-0.4, -0.2) is 17.5 Å². The van der Waals surface area contributed by atoms with Gasteiger partial charge in [0.2, 0.25) is 6.29 Å². The van der Waals surface area contributed by atoms with Crippen molar-refractivity contribution in [2.45, 2.75) is 26.6 Å². The van der Waals surface area contributed by atoms with E-state index >= 15 is 0 Å². The molecule has 1 amide bonds. The highest BCUT2D eigenvalue weighted by Crippen LogP contribution is 2.04. The molecule has 5 nitrogen and oxygen atoms in total. The highest BCUT2D eigenvalue weighted by atomic mass is 16.6. The second-order valence-electron chi connectivity index (χ2n) is 2.63. The molecule has 0 aromatic carbocycles. The molecule has 11 heavy (non-hydrogen) atoms. The molecule has 5 heteroatoms. The van der Waals surface area contributed by atoms with Gasteiger partial charge in [-0.2, -0.15) is 0 Å². The van der Waals surface area contributed by atoms with E-state index in [1.807, 2.05) is 13.8 Å². The first-order chi connectivity index (χ1) is 5.06. The van der Waals surface area contributed by atoms with Gasteiger partial charge in [0.25, 0.3) is 0 Å². The van der Waals surface area contributed by atoms with Crippen LogP contribution in [0.2, 0.25) is 0 Å². The first-order valence-corrected chi connectivity index (χ1v) is 3.41. The van der Waals surface area contributed by atoms with Crippen LogP contribution in [0.1, 0.15) is 20.3 Å². The molecule has 1 atom stereocenters. The lowest BCUT2D eigenvalue weighted by Crippen LogP contribution is -2.34. The Balaban J connectivity index is 3.51. The van der Waals surface area contributed by atoms with Crippen LogP contribution in [-0.2, 0) is 4.74 Å². The van der Waals surface area contributed by atoms with Gasteiger partial charge in [0.1, 0.15) is 0 Å². The summed E-state index contributed by atoms with van der Waals surface area (Å²) in [6, 6.07) is 0. The number of hydrogen-bond donors (Lipinski definition) is 3. The molecule has 0 rings (SSSR count). The summed E-state index contributed by atoms with van der Waals surface area (Å²) < 4.78 is 4.39. The first-order valence-electron chi connectivity index (χ1n) is 3.41. The SMILES string of the molecule is CC(C)CC(O)OC(=O)NN. The number of carbonyl (C=O) groups excluding carboxylic acids is 1. The van der Waals surface area contributed by atoms with Crippen molar-refractivity contribution >= 4 is 6.09 Å². The Labute approximate surface area is 65.5 Å². The summed E-state index contributed by atoms with van der Waals surface area (Å²) in [4.78, 5) is 10.4. The van der Waals surface area contributed by atoms with Gasteiger partial charge >= 0.3 is 6.09 Å². The van der Waals surface area contributed by atoms with Crippen LogP contribution in [0.25, 0.3) is 0 Å². The number of hydrazine groups is 1. The molecule has 0 heterocycles. The van der Waals surface area contributed by atoms with Gasteiger partial charge in [-0.05, 0) is 5.92 Å². The molecule has 0 bridgehead atoms. The molecule has 0 spiro atoms. The summed E-state index contributed by atoms with van der Waals surface area (Å²) in [5, 5.41) is 8.98. The minimum atomic E-state index is -1.07. The molecule has 0 aliphatic carbocycles. The topological polar surface area (TPSA) is 84.6 Å². The zero-order chi connectivity index (χ0) is 8.85. The maximum absolute atomic E-state index is 10.4. The maximum Gasteiger partial charge on any atom is 0.423 e. The molecule has 0 aromatic heterocycles. The predicted molar refractivity (Wildman–Crippen MR) is 39.3 cm³/mol. The van der Waals surface area contributed by atoms with Gasteiger partial charge in [0.15, 0.2) is 0 Å². The van der Waals surface area contributed by atoms with Crippen molar-refractivity contribution in [3.63, 3.8) is 0 Å². The smallest absolute Gasteiger partial charge is 0.419 e. The number of ether oxygens (including phenoxy) is 1. The zero-order valence-corrected chi connectivity index (χ0v) is 6.70. The Bertz CT molecular complexity index is 127. The molecule has 1 unspecified atom stereocenters. The number of carbonyl (C=O) groups is 1. The number of nitrogens with one attached hydrogen (secondary N) is 1. The summed E-state index contributed by atoms with van der Waals surface area (Å²) in [6.07, 6.45) is -1.48. The average molecular weight is 162 g/mol. The Hall–Kier alpha value is -0.810. The Morgan fingerprint density at radius 3 is 2.64 bits per heavy atom. The fourth-order valence-electron chi connectivity index (χ4n) is 0.609. The van der Waals surface area contributed by atoms with Gasteiger partial charge < -0.3 is 9.84 Å². The molecule has 0 saturated heterocycles. The van der Waals surface area contributed by atoms with Crippen LogP contribution in [0, 0.1) is 5.92 Å². The van der Waals surface area contributed by atoms with Crippen molar-refractivity contribution in [3.8, 4) is 0 Å². The monoisotopic (exact) mass is 162 g/mol. The molecule has 4 N–H and O–H groups in total. The van der Waals surface area contributed by atoms with E-state index < -0.39 is 12.4 Å². The molecule has 0 aliphatic rings. The van der Waals surface area contributed by atoms with Crippen LogP contribution >= 0.6 is 0 Å². The summed E-state index contributed by atoms with van der Waals surface area (Å²) >= 11 is 0. The predicted octanol–water partition coefficient (Wildman–Crippen LogP) is -0.0492. The second-order valence-corrected chi connectivity index (χ2v) is 2.63. The van der Waals surface area contributed by atoms with Gasteiger partial charge in [-0.15, -0.1) is 0 Å². The van der Waals surface area contributed by atoms with Gasteiger partial charge in [-0.1, -0.05) is 13.8 Å². The molecule has 0 saturated carbocycles. The van der Waals surface area contributed by atoms with Crippen molar-refractivity contribution in [3.05, 3.63) is 0 Å². The average Bonchev–Trinajstić information content (AvgIpc) is 1.85. The van der Waals surface area contributed by atoms with E-state index in [9.17, 15) is 4.79 Å². The van der Waals surface area contributed by atoms with E-state index in [2.05, 4.69) is 4.74 Å². The molecular formula is C6H14N2O3. The normalized spacial score (nSPS) is 12.8. The highest BCUT2D eigenvalue weighted by Gasteiger charge is 2.10. The minimum Gasteiger partial charge on any atom is -0.419 e.